The lowest BCUT2D eigenvalue weighted by atomic mass is 10.1. The summed E-state index contributed by atoms with van der Waals surface area (Å²) in [6.07, 6.45) is 1.81. The molecule has 0 bridgehead atoms. The average molecular weight is 800 g/mol. The quantitative estimate of drug-likeness (QED) is 0.122. The van der Waals surface area contributed by atoms with E-state index in [-0.39, 0.29) is 79.8 Å². The molecule has 4 aromatic carbocycles. The zero-order valence-corrected chi connectivity index (χ0v) is 30.8. The fraction of sp³-hybridized carbons (Fsp3) is 0.216. The maximum absolute atomic E-state index is 13.6. The SMILES string of the molecule is COc1c(NC(=O)Nc2cccc(F)c2Cl)cccc1C(=O)N1CC(=O)N2CCCC2C1.COc1c(NC(=O)Nc2cccc(F)c2Cl)cccc1C(=O)O. The van der Waals surface area contributed by atoms with Gasteiger partial charge in [-0.05, 0) is 61.4 Å². The Morgan fingerprint density at radius 3 is 1.69 bits per heavy atom. The summed E-state index contributed by atoms with van der Waals surface area (Å²) in [4.78, 5) is 64.5. The van der Waals surface area contributed by atoms with Crippen molar-refractivity contribution in [2.45, 2.75) is 18.9 Å². The molecule has 0 spiro atoms. The standard InChI is InChI=1S/C22H22ClFN4O4.C15H12ClFN2O4/c1-32-20-14(21(30)27-11-13-5-4-10-28(13)18(29)12-27)6-2-9-17(20)26-22(31)25-16-8-3-7-15(24)19(16)23;1-23-13-8(14(20)21)4-2-7-11(13)19-15(22)18-10-6-3-5-9(17)12(10)16/h2-3,6-9,13H,4-5,10-12H2,1H3,(H2,25,26,31);2-7H,1H3,(H,20,21)(H2,18,19,22). The molecule has 55 heavy (non-hydrogen) atoms. The Morgan fingerprint density at radius 1 is 0.727 bits per heavy atom. The number of amides is 6. The van der Waals surface area contributed by atoms with Crippen LogP contribution in [0.2, 0.25) is 10.0 Å². The highest BCUT2D eigenvalue weighted by Crippen LogP contribution is 2.33. The molecule has 0 radical (unpaired) electrons. The van der Waals surface area contributed by atoms with Crippen molar-refractivity contribution < 1.29 is 47.3 Å². The first-order valence-corrected chi connectivity index (χ1v) is 17.3. The minimum atomic E-state index is -1.20. The molecular formula is C37H34Cl2F2N6O8. The van der Waals surface area contributed by atoms with Crippen molar-refractivity contribution >= 4 is 75.8 Å². The van der Waals surface area contributed by atoms with Crippen LogP contribution in [0.15, 0.2) is 72.8 Å². The van der Waals surface area contributed by atoms with Crippen LogP contribution in [0.5, 0.6) is 11.5 Å². The molecule has 288 valence electrons. The van der Waals surface area contributed by atoms with Crippen LogP contribution in [-0.2, 0) is 4.79 Å². The lowest BCUT2D eigenvalue weighted by Gasteiger charge is -2.37. The van der Waals surface area contributed by atoms with Crippen molar-refractivity contribution in [1.29, 1.82) is 0 Å². The molecule has 0 aliphatic carbocycles. The van der Waals surface area contributed by atoms with E-state index in [0.29, 0.717) is 6.54 Å². The number of rotatable bonds is 8. The first-order valence-electron chi connectivity index (χ1n) is 16.5. The molecular weight excluding hydrogens is 765 g/mol. The number of halogens is 4. The number of benzene rings is 4. The van der Waals surface area contributed by atoms with Gasteiger partial charge in [-0.3, -0.25) is 9.59 Å². The molecule has 0 saturated carbocycles. The first kappa shape index (κ1) is 40.1. The van der Waals surface area contributed by atoms with Crippen LogP contribution < -0.4 is 30.7 Å². The molecule has 1 unspecified atom stereocenters. The molecule has 0 aromatic heterocycles. The number of nitrogens with zero attached hydrogens (tertiary/aromatic N) is 2. The lowest BCUT2D eigenvalue weighted by Crippen LogP contribution is -2.55. The Kier molecular flexibility index (Phi) is 13.0. The second-order valence-electron chi connectivity index (χ2n) is 12.0. The second kappa shape index (κ2) is 17.8. The van der Waals surface area contributed by atoms with Crippen LogP contribution in [0.1, 0.15) is 33.6 Å². The van der Waals surface area contributed by atoms with Gasteiger partial charge in [-0.15, -0.1) is 0 Å². The number of aromatic carboxylic acids is 1. The van der Waals surface area contributed by atoms with Gasteiger partial charge in [0, 0.05) is 19.1 Å². The topological polar surface area (TPSA) is 179 Å². The van der Waals surface area contributed by atoms with E-state index < -0.39 is 29.7 Å². The number of para-hydroxylation sites is 2. The van der Waals surface area contributed by atoms with Crippen LogP contribution in [-0.4, -0.2) is 84.6 Å². The van der Waals surface area contributed by atoms with Crippen molar-refractivity contribution in [2.75, 3.05) is 55.1 Å². The van der Waals surface area contributed by atoms with Crippen LogP contribution in [0.3, 0.4) is 0 Å². The molecule has 2 fully saturated rings. The normalized spacial score (nSPS) is 14.5. The van der Waals surface area contributed by atoms with Crippen LogP contribution >= 0.6 is 23.2 Å². The van der Waals surface area contributed by atoms with E-state index >= 15 is 0 Å². The van der Waals surface area contributed by atoms with Crippen LogP contribution in [0, 0.1) is 11.6 Å². The molecule has 18 heteroatoms. The average Bonchev–Trinajstić information content (AvgIpc) is 3.65. The number of anilines is 4. The van der Waals surface area contributed by atoms with Crippen molar-refractivity contribution in [1.82, 2.24) is 9.80 Å². The van der Waals surface area contributed by atoms with E-state index in [1.165, 1.54) is 67.7 Å². The summed E-state index contributed by atoms with van der Waals surface area (Å²) >= 11 is 11.6. The number of carbonyl (C=O) groups excluding carboxylic acids is 4. The van der Waals surface area contributed by atoms with Crippen molar-refractivity contribution in [2.24, 2.45) is 0 Å². The third-order valence-corrected chi connectivity index (χ3v) is 9.31. The zero-order chi connectivity index (χ0) is 39.8. The summed E-state index contributed by atoms with van der Waals surface area (Å²) in [5.41, 5.74) is 0.704. The maximum atomic E-state index is 13.6. The molecule has 1 atom stereocenters. The van der Waals surface area contributed by atoms with E-state index in [1.807, 2.05) is 4.90 Å². The van der Waals surface area contributed by atoms with Gasteiger partial charge in [0.25, 0.3) is 5.91 Å². The smallest absolute Gasteiger partial charge is 0.339 e. The van der Waals surface area contributed by atoms with Gasteiger partial charge < -0.3 is 45.6 Å². The molecule has 2 aliphatic heterocycles. The largest absolute Gasteiger partial charge is 0.494 e. The fourth-order valence-electron chi connectivity index (χ4n) is 6.05. The Hall–Kier alpha value is -6.13. The predicted octanol–water partition coefficient (Wildman–Crippen LogP) is 7.41. The van der Waals surface area contributed by atoms with Crippen LogP contribution in [0.4, 0.5) is 41.1 Å². The number of urea groups is 2. The summed E-state index contributed by atoms with van der Waals surface area (Å²) in [7, 11) is 2.67. The number of carbonyl (C=O) groups is 5. The first-order chi connectivity index (χ1) is 26.3. The lowest BCUT2D eigenvalue weighted by molar-refractivity contribution is -0.136. The minimum absolute atomic E-state index is 0.000453. The van der Waals surface area contributed by atoms with Crippen molar-refractivity contribution in [3.8, 4) is 11.5 Å². The molecule has 14 nitrogen and oxygen atoms in total. The molecule has 2 heterocycles. The van der Waals surface area contributed by atoms with E-state index in [4.69, 9.17) is 37.8 Å². The number of ether oxygens (including phenoxy) is 2. The van der Waals surface area contributed by atoms with Crippen LogP contribution in [0.25, 0.3) is 0 Å². The molecule has 2 aliphatic rings. The number of carboxylic acids is 1. The number of hydrogen-bond donors (Lipinski definition) is 5. The van der Waals surface area contributed by atoms with Gasteiger partial charge in [0.05, 0.1) is 52.6 Å². The number of hydrogen-bond acceptors (Lipinski definition) is 7. The van der Waals surface area contributed by atoms with Gasteiger partial charge in [0.1, 0.15) is 23.7 Å². The van der Waals surface area contributed by atoms with Gasteiger partial charge >= 0.3 is 18.0 Å². The summed E-state index contributed by atoms with van der Waals surface area (Å²) in [5.74, 6) is -2.77. The summed E-state index contributed by atoms with van der Waals surface area (Å²) in [6, 6.07) is 15.7. The highest BCUT2D eigenvalue weighted by Gasteiger charge is 2.38. The minimum Gasteiger partial charge on any atom is -0.494 e. The number of carboxylic acid groups (broad SMARTS) is 1. The van der Waals surface area contributed by atoms with Gasteiger partial charge in [-0.1, -0.05) is 47.5 Å². The zero-order valence-electron chi connectivity index (χ0n) is 29.3. The van der Waals surface area contributed by atoms with Crippen molar-refractivity contribution in [3.05, 3.63) is 106 Å². The predicted molar refractivity (Wildman–Crippen MR) is 202 cm³/mol. The van der Waals surface area contributed by atoms with E-state index in [2.05, 4.69) is 21.3 Å². The second-order valence-corrected chi connectivity index (χ2v) is 12.8. The third-order valence-electron chi connectivity index (χ3n) is 8.54. The molecule has 6 amide bonds. The molecule has 2 saturated heterocycles. The molecule has 5 N–H and O–H groups in total. The van der Waals surface area contributed by atoms with E-state index in [9.17, 15) is 32.8 Å². The number of fused-ring (bicyclic) bond motifs is 1. The summed E-state index contributed by atoms with van der Waals surface area (Å²) in [5, 5.41) is 18.5. The number of methoxy groups -OCH3 is 2. The monoisotopic (exact) mass is 798 g/mol. The maximum Gasteiger partial charge on any atom is 0.339 e. The molecule has 4 aromatic rings. The van der Waals surface area contributed by atoms with E-state index in [1.54, 1.807) is 18.2 Å². The van der Waals surface area contributed by atoms with E-state index in [0.717, 1.165) is 25.5 Å². The summed E-state index contributed by atoms with van der Waals surface area (Å²) < 4.78 is 37.4. The third kappa shape index (κ3) is 9.34. The Bertz CT molecular complexity index is 2140. The van der Waals surface area contributed by atoms with Gasteiger partial charge in [0.15, 0.2) is 11.5 Å². The molecule has 6 rings (SSSR count). The van der Waals surface area contributed by atoms with Crippen molar-refractivity contribution in [3.63, 3.8) is 0 Å². The fourth-order valence-corrected chi connectivity index (χ4v) is 6.40. The highest BCUT2D eigenvalue weighted by atomic mass is 35.5. The Balaban J connectivity index is 0.000000223. The summed E-state index contributed by atoms with van der Waals surface area (Å²) in [6.45, 7) is 1.21. The van der Waals surface area contributed by atoms with Gasteiger partial charge in [-0.2, -0.15) is 0 Å². The number of piperazine rings is 1. The Labute approximate surface area is 323 Å². The highest BCUT2D eigenvalue weighted by molar-refractivity contribution is 6.34. The number of nitrogens with one attached hydrogen (secondary N) is 4. The van der Waals surface area contributed by atoms with Gasteiger partial charge in [0.2, 0.25) is 5.91 Å². The Morgan fingerprint density at radius 2 is 1.18 bits per heavy atom. The van der Waals surface area contributed by atoms with Gasteiger partial charge in [-0.25, -0.2) is 23.2 Å².